The van der Waals surface area contributed by atoms with Gasteiger partial charge >= 0.3 is 5.97 Å². The van der Waals surface area contributed by atoms with Crippen molar-refractivity contribution < 1.29 is 19.2 Å². The average molecular weight is 533 g/mol. The third kappa shape index (κ3) is 4.74. The molecule has 10 nitrogen and oxygen atoms in total. The van der Waals surface area contributed by atoms with Crippen LogP contribution in [0, 0.1) is 10.1 Å². The molecule has 0 aliphatic carbocycles. The SMILES string of the molecule is CCOC(=O)c1nn(-c2cccc(Cl)c2)c(=O)c2c(NC(=O)c3ccc(Cl)c([N+](=O)[O-])c3)scc12. The number of nitro groups is 1. The Morgan fingerprint density at radius 1 is 1.23 bits per heavy atom. The number of nitro benzene ring substituents is 1. The van der Waals surface area contributed by atoms with Crippen molar-refractivity contribution >= 4 is 67.9 Å². The molecule has 13 heteroatoms. The van der Waals surface area contributed by atoms with Gasteiger partial charge in [0.2, 0.25) is 0 Å². The van der Waals surface area contributed by atoms with Gasteiger partial charge in [-0.2, -0.15) is 9.78 Å². The summed E-state index contributed by atoms with van der Waals surface area (Å²) in [6.07, 6.45) is 0. The van der Waals surface area contributed by atoms with Crippen molar-refractivity contribution in [3.8, 4) is 5.69 Å². The second-order valence-corrected chi connectivity index (χ2v) is 8.72. The summed E-state index contributed by atoms with van der Waals surface area (Å²) in [5.74, 6) is -1.46. The Balaban J connectivity index is 1.86. The quantitative estimate of drug-likeness (QED) is 0.207. The normalized spacial score (nSPS) is 10.8. The molecule has 35 heavy (non-hydrogen) atoms. The van der Waals surface area contributed by atoms with Crippen molar-refractivity contribution in [1.29, 1.82) is 0 Å². The highest BCUT2D eigenvalue weighted by molar-refractivity contribution is 7.16. The largest absolute Gasteiger partial charge is 0.461 e. The molecule has 2 heterocycles. The van der Waals surface area contributed by atoms with E-state index in [1.165, 1.54) is 23.6 Å². The maximum absolute atomic E-state index is 13.4. The van der Waals surface area contributed by atoms with Crippen molar-refractivity contribution in [2.45, 2.75) is 6.92 Å². The number of nitrogens with zero attached hydrogens (tertiary/aromatic N) is 3. The Hall–Kier alpha value is -3.80. The summed E-state index contributed by atoms with van der Waals surface area (Å²) in [5, 5.41) is 20.0. The van der Waals surface area contributed by atoms with Crippen LogP contribution in [-0.4, -0.2) is 33.2 Å². The number of hydrogen-bond acceptors (Lipinski definition) is 8. The molecular formula is C22H14Cl2N4O6S. The maximum Gasteiger partial charge on any atom is 0.359 e. The Morgan fingerprint density at radius 3 is 2.69 bits per heavy atom. The smallest absolute Gasteiger partial charge is 0.359 e. The summed E-state index contributed by atoms with van der Waals surface area (Å²) < 4.78 is 6.09. The number of esters is 1. The first-order chi connectivity index (χ1) is 16.7. The molecule has 4 rings (SSSR count). The molecule has 178 valence electrons. The molecule has 1 amide bonds. The molecule has 0 saturated heterocycles. The number of halogens is 2. The molecule has 0 saturated carbocycles. The number of aromatic nitrogens is 2. The minimum absolute atomic E-state index is 0.0184. The van der Waals surface area contributed by atoms with Crippen molar-refractivity contribution in [3.05, 3.63) is 89.6 Å². The number of nitrogens with one attached hydrogen (secondary N) is 1. The number of amides is 1. The molecule has 1 N–H and O–H groups in total. The van der Waals surface area contributed by atoms with E-state index in [1.807, 2.05) is 0 Å². The van der Waals surface area contributed by atoms with E-state index in [9.17, 15) is 24.5 Å². The van der Waals surface area contributed by atoms with E-state index in [0.29, 0.717) is 10.7 Å². The molecule has 4 aromatic rings. The average Bonchev–Trinajstić information content (AvgIpc) is 3.23. The Bertz CT molecular complexity index is 1570. The summed E-state index contributed by atoms with van der Waals surface area (Å²) in [6, 6.07) is 9.88. The van der Waals surface area contributed by atoms with Crippen LogP contribution >= 0.6 is 34.5 Å². The second-order valence-electron chi connectivity index (χ2n) is 7.00. The number of rotatable bonds is 6. The predicted molar refractivity (Wildman–Crippen MR) is 132 cm³/mol. The van der Waals surface area contributed by atoms with Gasteiger partial charge in [0.15, 0.2) is 5.69 Å². The highest BCUT2D eigenvalue weighted by Gasteiger charge is 2.24. The van der Waals surface area contributed by atoms with Gasteiger partial charge in [0, 0.05) is 27.4 Å². The summed E-state index contributed by atoms with van der Waals surface area (Å²) in [4.78, 5) is 49.4. The van der Waals surface area contributed by atoms with Crippen molar-refractivity contribution in [2.24, 2.45) is 0 Å². The molecule has 0 spiro atoms. The van der Waals surface area contributed by atoms with Crippen LogP contribution in [0.1, 0.15) is 27.8 Å². The highest BCUT2D eigenvalue weighted by Crippen LogP contribution is 2.32. The summed E-state index contributed by atoms with van der Waals surface area (Å²) in [7, 11) is 0. The van der Waals surface area contributed by atoms with E-state index in [-0.39, 0.29) is 38.7 Å². The summed E-state index contributed by atoms with van der Waals surface area (Å²) >= 11 is 12.9. The summed E-state index contributed by atoms with van der Waals surface area (Å²) in [6.45, 7) is 1.72. The number of benzene rings is 2. The molecular weight excluding hydrogens is 519 g/mol. The monoisotopic (exact) mass is 532 g/mol. The van der Waals surface area contributed by atoms with Gasteiger partial charge in [0.1, 0.15) is 10.0 Å². The van der Waals surface area contributed by atoms with Crippen LogP contribution in [0.5, 0.6) is 0 Å². The molecule has 0 atom stereocenters. The van der Waals surface area contributed by atoms with E-state index >= 15 is 0 Å². The number of fused-ring (bicyclic) bond motifs is 1. The molecule has 2 aromatic heterocycles. The molecule has 0 radical (unpaired) electrons. The third-order valence-corrected chi connectivity index (χ3v) is 6.26. The molecule has 0 fully saturated rings. The zero-order valence-electron chi connectivity index (χ0n) is 17.8. The van der Waals surface area contributed by atoms with E-state index < -0.39 is 28.0 Å². The number of anilines is 1. The van der Waals surface area contributed by atoms with Gasteiger partial charge in [0.25, 0.3) is 17.2 Å². The lowest BCUT2D eigenvalue weighted by Crippen LogP contribution is -2.25. The lowest BCUT2D eigenvalue weighted by molar-refractivity contribution is -0.384. The third-order valence-electron chi connectivity index (χ3n) is 4.81. The molecule has 0 aliphatic rings. The molecule has 0 aliphatic heterocycles. The number of carbonyl (C=O) groups is 2. The fourth-order valence-corrected chi connectivity index (χ4v) is 4.55. The minimum atomic E-state index is -0.753. The molecule has 0 unspecified atom stereocenters. The first kappa shape index (κ1) is 24.3. The lowest BCUT2D eigenvalue weighted by Gasteiger charge is -2.10. The first-order valence-electron chi connectivity index (χ1n) is 9.94. The van der Waals surface area contributed by atoms with E-state index in [2.05, 4.69) is 10.4 Å². The van der Waals surface area contributed by atoms with Gasteiger partial charge < -0.3 is 10.1 Å². The van der Waals surface area contributed by atoms with Gasteiger partial charge in [0.05, 0.1) is 22.6 Å². The Labute approximate surface area is 210 Å². The van der Waals surface area contributed by atoms with E-state index in [1.54, 1.807) is 25.1 Å². The van der Waals surface area contributed by atoms with E-state index in [0.717, 1.165) is 22.1 Å². The second kappa shape index (κ2) is 9.82. The van der Waals surface area contributed by atoms with Crippen LogP contribution in [0.3, 0.4) is 0 Å². The highest BCUT2D eigenvalue weighted by atomic mass is 35.5. The zero-order valence-corrected chi connectivity index (χ0v) is 20.1. The number of carbonyl (C=O) groups excluding carboxylic acids is 2. The topological polar surface area (TPSA) is 133 Å². The predicted octanol–water partition coefficient (Wildman–Crippen LogP) is 5.09. The van der Waals surface area contributed by atoms with Crippen LogP contribution in [0.25, 0.3) is 16.5 Å². The van der Waals surface area contributed by atoms with Crippen LogP contribution in [0.4, 0.5) is 10.7 Å². The number of hydrogen-bond donors (Lipinski definition) is 1. The van der Waals surface area contributed by atoms with Gasteiger partial charge in [-0.3, -0.25) is 19.7 Å². The van der Waals surface area contributed by atoms with Gasteiger partial charge in [-0.1, -0.05) is 29.3 Å². The van der Waals surface area contributed by atoms with Crippen LogP contribution in [0.15, 0.2) is 52.6 Å². The molecule has 0 bridgehead atoms. The van der Waals surface area contributed by atoms with Crippen LogP contribution in [0.2, 0.25) is 10.0 Å². The summed E-state index contributed by atoms with van der Waals surface area (Å²) in [5.41, 5.74) is -0.925. The van der Waals surface area contributed by atoms with Gasteiger partial charge in [-0.25, -0.2) is 4.79 Å². The molecule has 2 aromatic carbocycles. The van der Waals surface area contributed by atoms with Gasteiger partial charge in [-0.05, 0) is 37.3 Å². The fourth-order valence-electron chi connectivity index (χ4n) is 3.24. The first-order valence-corrected chi connectivity index (χ1v) is 11.6. The van der Waals surface area contributed by atoms with E-state index in [4.69, 9.17) is 27.9 Å². The number of thiophene rings is 1. The Kier molecular flexibility index (Phi) is 6.83. The standard InChI is InChI=1S/C22H14Cl2N4O6S/c1-2-34-22(31)18-14-10-35-20(25-19(29)11-6-7-15(24)16(8-11)28(32)33)17(14)21(30)27(26-18)13-5-3-4-12(23)9-13/h3-10H,2H2,1H3,(H,25,29). The van der Waals surface area contributed by atoms with Crippen LogP contribution in [-0.2, 0) is 4.74 Å². The van der Waals surface area contributed by atoms with Crippen molar-refractivity contribution in [3.63, 3.8) is 0 Å². The fraction of sp³-hybridized carbons (Fsp3) is 0.0909. The lowest BCUT2D eigenvalue weighted by atomic mass is 10.2. The van der Waals surface area contributed by atoms with Crippen LogP contribution < -0.4 is 10.9 Å². The van der Waals surface area contributed by atoms with Gasteiger partial charge in [-0.15, -0.1) is 11.3 Å². The minimum Gasteiger partial charge on any atom is -0.461 e. The Morgan fingerprint density at radius 2 is 2.00 bits per heavy atom. The van der Waals surface area contributed by atoms with Crippen molar-refractivity contribution in [1.82, 2.24) is 9.78 Å². The van der Waals surface area contributed by atoms with Crippen molar-refractivity contribution in [2.75, 3.05) is 11.9 Å². The maximum atomic E-state index is 13.4. The zero-order chi connectivity index (χ0) is 25.3. The number of ether oxygens (including phenoxy) is 1.